The van der Waals surface area contributed by atoms with Gasteiger partial charge in [-0.25, -0.2) is 0 Å². The molecule has 2 atom stereocenters. The molecule has 2 N–H and O–H groups in total. The Morgan fingerprint density at radius 3 is 1.94 bits per heavy atom. The summed E-state index contributed by atoms with van der Waals surface area (Å²) in [7, 11) is 0. The molecule has 2 aliphatic rings. The van der Waals surface area contributed by atoms with Crippen molar-refractivity contribution in [1.29, 1.82) is 0 Å². The normalized spacial score (nSPS) is 20.3. The van der Waals surface area contributed by atoms with Gasteiger partial charge in [-0.15, -0.1) is 25.8 Å². The molecule has 0 saturated carbocycles. The number of nitrogens with two attached hydrogens (primary N) is 1. The summed E-state index contributed by atoms with van der Waals surface area (Å²) >= 11 is 3.91. The summed E-state index contributed by atoms with van der Waals surface area (Å²) in [5.41, 5.74) is 12.0. The number of halogens is 3. The second-order valence-electron chi connectivity index (χ2n) is 8.61. The van der Waals surface area contributed by atoms with Gasteiger partial charge >= 0.3 is 6.36 Å². The summed E-state index contributed by atoms with van der Waals surface area (Å²) in [4.78, 5) is 0.588. The summed E-state index contributed by atoms with van der Waals surface area (Å²) in [5, 5.41) is 0. The zero-order valence-corrected chi connectivity index (χ0v) is 19.6. The van der Waals surface area contributed by atoms with Crippen molar-refractivity contribution >= 4 is 12.6 Å². The maximum absolute atomic E-state index is 11.6. The lowest BCUT2D eigenvalue weighted by Crippen LogP contribution is -2.38. The fraction of sp³-hybridized carbons (Fsp3) is 0.333. The third kappa shape index (κ3) is 6.34. The van der Waals surface area contributed by atoms with Crippen LogP contribution in [0.3, 0.4) is 0 Å². The van der Waals surface area contributed by atoms with Crippen molar-refractivity contribution in [1.82, 2.24) is 0 Å². The summed E-state index contributed by atoms with van der Waals surface area (Å²) in [6.45, 7) is 0.784. The first kappa shape index (κ1) is 24.6. The van der Waals surface area contributed by atoms with Crippen LogP contribution >= 0.6 is 12.6 Å². The summed E-state index contributed by atoms with van der Waals surface area (Å²) in [6.07, 6.45) is -0.271. The Balaban J connectivity index is 0.000000195. The highest BCUT2D eigenvalue weighted by molar-refractivity contribution is 7.80. The van der Waals surface area contributed by atoms with Crippen LogP contribution in [0.1, 0.15) is 41.0 Å². The summed E-state index contributed by atoms with van der Waals surface area (Å²) in [6, 6.07) is 23.2. The summed E-state index contributed by atoms with van der Waals surface area (Å²) in [5.74, 6) is 0.0848. The molecule has 3 aromatic carbocycles. The molecule has 34 heavy (non-hydrogen) atoms. The van der Waals surface area contributed by atoms with Crippen molar-refractivity contribution in [3.8, 4) is 5.75 Å². The second kappa shape index (κ2) is 10.8. The molecule has 0 spiro atoms. The van der Waals surface area contributed by atoms with Crippen molar-refractivity contribution in [3.63, 3.8) is 0 Å². The lowest BCUT2D eigenvalue weighted by molar-refractivity contribution is -0.274. The van der Waals surface area contributed by atoms with Crippen LogP contribution in [0.5, 0.6) is 5.75 Å². The molecule has 1 unspecified atom stereocenters. The number of hydrogen-bond acceptors (Lipinski definition) is 4. The molecule has 1 fully saturated rings. The average molecular weight is 488 g/mol. The lowest BCUT2D eigenvalue weighted by Gasteiger charge is -2.34. The van der Waals surface area contributed by atoms with E-state index in [2.05, 4.69) is 65.9 Å². The first-order valence-electron chi connectivity index (χ1n) is 11.4. The van der Waals surface area contributed by atoms with E-state index in [1.54, 1.807) is 0 Å². The number of thiol groups is 1. The average Bonchev–Trinajstić information content (AvgIpc) is 2.97. The van der Waals surface area contributed by atoms with E-state index in [9.17, 15) is 13.2 Å². The number of rotatable bonds is 2. The topological polar surface area (TPSA) is 44.5 Å². The van der Waals surface area contributed by atoms with Crippen LogP contribution in [0, 0.1) is 0 Å². The first-order valence-corrected chi connectivity index (χ1v) is 11.8. The quantitative estimate of drug-likeness (QED) is 0.417. The van der Waals surface area contributed by atoms with E-state index >= 15 is 0 Å². The van der Waals surface area contributed by atoms with Gasteiger partial charge in [0.15, 0.2) is 0 Å². The van der Waals surface area contributed by atoms with Crippen molar-refractivity contribution in [2.45, 2.75) is 55.0 Å². The molecule has 7 heteroatoms. The first-order chi connectivity index (χ1) is 16.3. The van der Waals surface area contributed by atoms with Gasteiger partial charge in [-0.3, -0.25) is 0 Å². The molecule has 3 aromatic rings. The molecule has 180 valence electrons. The second-order valence-corrected chi connectivity index (χ2v) is 9.13. The van der Waals surface area contributed by atoms with E-state index in [0.717, 1.165) is 32.3 Å². The van der Waals surface area contributed by atoms with Crippen molar-refractivity contribution in [2.24, 2.45) is 5.73 Å². The van der Waals surface area contributed by atoms with Crippen LogP contribution in [-0.2, 0) is 17.6 Å². The van der Waals surface area contributed by atoms with Crippen molar-refractivity contribution in [2.75, 3.05) is 6.61 Å². The van der Waals surface area contributed by atoms with Gasteiger partial charge in [-0.1, -0.05) is 48.5 Å². The van der Waals surface area contributed by atoms with Crippen LogP contribution < -0.4 is 10.5 Å². The molecule has 1 saturated heterocycles. The van der Waals surface area contributed by atoms with Crippen LogP contribution in [0.2, 0.25) is 0 Å². The number of fused-ring (bicyclic) bond motifs is 2. The highest BCUT2D eigenvalue weighted by atomic mass is 32.1. The largest absolute Gasteiger partial charge is 0.573 e. The van der Waals surface area contributed by atoms with Gasteiger partial charge in [0, 0.05) is 23.5 Å². The van der Waals surface area contributed by atoms with Gasteiger partial charge in [-0.2, -0.15) is 0 Å². The maximum atomic E-state index is 11.6. The minimum atomic E-state index is -4.63. The minimum Gasteiger partial charge on any atom is -0.406 e. The van der Waals surface area contributed by atoms with Crippen molar-refractivity contribution in [3.05, 3.63) is 95.1 Å². The molecular weight excluding hydrogens is 459 g/mol. The number of alkyl halides is 3. The fourth-order valence-electron chi connectivity index (χ4n) is 4.70. The van der Waals surface area contributed by atoms with Gasteiger partial charge in [-0.05, 0) is 72.2 Å². The Kier molecular flexibility index (Phi) is 7.86. The maximum Gasteiger partial charge on any atom is 0.573 e. The molecule has 0 radical (unpaired) electrons. The van der Waals surface area contributed by atoms with Crippen molar-refractivity contribution < 1.29 is 22.6 Å². The van der Waals surface area contributed by atoms with E-state index in [0.29, 0.717) is 10.8 Å². The van der Waals surface area contributed by atoms with Crippen LogP contribution in [0.25, 0.3) is 0 Å². The van der Waals surface area contributed by atoms with Crippen LogP contribution in [-0.4, -0.2) is 25.1 Å². The van der Waals surface area contributed by atoms with Crippen LogP contribution in [0.15, 0.2) is 77.7 Å². The zero-order chi connectivity index (χ0) is 24.1. The Hall–Kier alpha value is -2.48. The van der Waals surface area contributed by atoms with E-state index in [4.69, 9.17) is 10.5 Å². The van der Waals surface area contributed by atoms with E-state index in [1.807, 2.05) is 0 Å². The van der Waals surface area contributed by atoms with Gasteiger partial charge < -0.3 is 15.2 Å². The smallest absolute Gasteiger partial charge is 0.406 e. The SMILES string of the molecule is FC(F)(F)Oc1ccc(S)cc1.N[C@H]1CCOC(C2c3ccccc3CCc3ccccc32)C1. The molecule has 1 aliphatic carbocycles. The lowest BCUT2D eigenvalue weighted by atomic mass is 9.81. The Morgan fingerprint density at radius 2 is 1.41 bits per heavy atom. The van der Waals surface area contributed by atoms with Gasteiger partial charge in [0.25, 0.3) is 0 Å². The molecule has 5 rings (SSSR count). The van der Waals surface area contributed by atoms with E-state index in [-0.39, 0.29) is 17.9 Å². The highest BCUT2D eigenvalue weighted by Gasteiger charge is 2.34. The third-order valence-corrected chi connectivity index (χ3v) is 6.54. The number of aryl methyl sites for hydroxylation is 2. The Bertz CT molecular complexity index is 1040. The fourth-order valence-corrected chi connectivity index (χ4v) is 4.85. The number of ether oxygens (including phenoxy) is 2. The van der Waals surface area contributed by atoms with E-state index in [1.165, 1.54) is 46.5 Å². The molecular formula is C27H28F3NO2S. The molecule has 0 bridgehead atoms. The monoisotopic (exact) mass is 487 g/mol. The predicted molar refractivity (Wildman–Crippen MR) is 129 cm³/mol. The molecule has 3 nitrogen and oxygen atoms in total. The highest BCUT2D eigenvalue weighted by Crippen LogP contribution is 2.40. The van der Waals surface area contributed by atoms with Gasteiger partial charge in [0.1, 0.15) is 5.75 Å². The number of benzene rings is 3. The van der Waals surface area contributed by atoms with Crippen LogP contribution in [0.4, 0.5) is 13.2 Å². The van der Waals surface area contributed by atoms with Gasteiger partial charge in [0.2, 0.25) is 0 Å². The molecule has 0 aromatic heterocycles. The van der Waals surface area contributed by atoms with E-state index < -0.39 is 6.36 Å². The Labute approximate surface area is 203 Å². The van der Waals surface area contributed by atoms with Gasteiger partial charge in [0.05, 0.1) is 6.10 Å². The third-order valence-electron chi connectivity index (χ3n) is 6.24. The standard InChI is InChI=1S/C20H23NO.C7H5F3OS/c21-16-11-12-22-19(13-16)20-17-7-3-1-5-14(17)9-10-15-6-2-4-8-18(15)20;8-7(9,10)11-5-1-3-6(12)4-2-5/h1-8,16,19-20H,9-13,21H2;1-4,12H/t16-,19?;/m0./s1. The molecule has 1 heterocycles. The summed E-state index contributed by atoms with van der Waals surface area (Å²) < 4.78 is 44.6. The minimum absolute atomic E-state index is 0.198. The number of hydrogen-bond donors (Lipinski definition) is 2. The molecule has 1 aliphatic heterocycles. The predicted octanol–water partition coefficient (Wildman–Crippen LogP) is 6.30. The zero-order valence-electron chi connectivity index (χ0n) is 18.7. The Morgan fingerprint density at radius 1 is 0.853 bits per heavy atom. The molecule has 0 amide bonds.